The largest absolute Gasteiger partial charge is 0.497 e. The minimum absolute atomic E-state index is 0.0234. The lowest BCUT2D eigenvalue weighted by Crippen LogP contribution is -2.56. The maximum atomic E-state index is 13.2. The Hall–Kier alpha value is -4.34. The Morgan fingerprint density at radius 2 is 1.53 bits per heavy atom. The molecule has 0 spiro atoms. The number of halogens is 3. The highest BCUT2D eigenvalue weighted by molar-refractivity contribution is 5.99. The van der Waals surface area contributed by atoms with Crippen LogP contribution in [0.5, 0.6) is 5.75 Å². The van der Waals surface area contributed by atoms with Gasteiger partial charge in [-0.25, -0.2) is 4.79 Å². The van der Waals surface area contributed by atoms with Crippen LogP contribution in [0.25, 0.3) is 0 Å². The molecule has 36 heavy (non-hydrogen) atoms. The SMILES string of the molecule is COc1cccc(C(NC(=O)c2ccccc2)(C(=O)O)C(CC(=O)O)c2ccc(C(F)(F)F)cc2)c1. The molecule has 0 aliphatic heterocycles. The highest BCUT2D eigenvalue weighted by atomic mass is 19.4. The van der Waals surface area contributed by atoms with Gasteiger partial charge in [-0.05, 0) is 47.5 Å². The number of carbonyl (C=O) groups is 3. The smallest absolute Gasteiger partial charge is 0.416 e. The number of rotatable bonds is 9. The summed E-state index contributed by atoms with van der Waals surface area (Å²) >= 11 is 0. The molecule has 2 atom stereocenters. The van der Waals surface area contributed by atoms with Crippen LogP contribution in [-0.2, 0) is 21.3 Å². The fraction of sp³-hybridized carbons (Fsp3) is 0.192. The fourth-order valence-corrected chi connectivity index (χ4v) is 4.00. The number of ether oxygens (including phenoxy) is 1. The third kappa shape index (κ3) is 5.48. The van der Waals surface area contributed by atoms with Crippen molar-refractivity contribution in [3.8, 4) is 5.75 Å². The minimum Gasteiger partial charge on any atom is -0.497 e. The molecule has 0 bridgehead atoms. The quantitative estimate of drug-likeness (QED) is 0.392. The van der Waals surface area contributed by atoms with E-state index in [9.17, 15) is 37.8 Å². The Bertz CT molecular complexity index is 1240. The van der Waals surface area contributed by atoms with E-state index in [0.717, 1.165) is 24.3 Å². The van der Waals surface area contributed by atoms with Crippen LogP contribution < -0.4 is 10.1 Å². The summed E-state index contributed by atoms with van der Waals surface area (Å²) in [6.45, 7) is 0. The third-order valence-corrected chi connectivity index (χ3v) is 5.75. The number of carbonyl (C=O) groups excluding carboxylic acids is 1. The summed E-state index contributed by atoms with van der Waals surface area (Å²) in [5.74, 6) is -5.11. The summed E-state index contributed by atoms with van der Waals surface area (Å²) < 4.78 is 44.6. The van der Waals surface area contributed by atoms with Crippen molar-refractivity contribution in [2.24, 2.45) is 0 Å². The molecule has 0 saturated heterocycles. The van der Waals surface area contributed by atoms with E-state index in [2.05, 4.69) is 5.32 Å². The number of hydrogen-bond acceptors (Lipinski definition) is 4. The zero-order valence-electron chi connectivity index (χ0n) is 19.0. The summed E-state index contributed by atoms with van der Waals surface area (Å²) in [5, 5.41) is 22.7. The second kappa shape index (κ2) is 10.5. The molecule has 0 aliphatic rings. The number of methoxy groups -OCH3 is 1. The van der Waals surface area contributed by atoms with Gasteiger partial charge >= 0.3 is 18.1 Å². The lowest BCUT2D eigenvalue weighted by atomic mass is 9.72. The molecular formula is C26H22F3NO6. The average molecular weight is 501 g/mol. The van der Waals surface area contributed by atoms with Crippen LogP contribution >= 0.6 is 0 Å². The summed E-state index contributed by atoms with van der Waals surface area (Å²) in [5.41, 5.74) is -3.32. The van der Waals surface area contributed by atoms with E-state index in [1.807, 2.05) is 0 Å². The Morgan fingerprint density at radius 1 is 0.889 bits per heavy atom. The van der Waals surface area contributed by atoms with Crippen LogP contribution in [0.15, 0.2) is 78.9 Å². The Labute approximate surface area is 204 Å². The van der Waals surface area contributed by atoms with Gasteiger partial charge in [-0.15, -0.1) is 0 Å². The van der Waals surface area contributed by atoms with Gasteiger partial charge in [-0.2, -0.15) is 13.2 Å². The maximum absolute atomic E-state index is 13.2. The maximum Gasteiger partial charge on any atom is 0.416 e. The number of carboxylic acid groups (broad SMARTS) is 2. The molecule has 7 nitrogen and oxygen atoms in total. The molecule has 0 radical (unpaired) electrons. The molecule has 3 aromatic rings. The molecule has 3 N–H and O–H groups in total. The predicted molar refractivity (Wildman–Crippen MR) is 123 cm³/mol. The van der Waals surface area contributed by atoms with Gasteiger partial charge in [0.15, 0.2) is 5.54 Å². The van der Waals surface area contributed by atoms with E-state index < -0.39 is 47.5 Å². The van der Waals surface area contributed by atoms with Gasteiger partial charge in [0.05, 0.1) is 19.1 Å². The van der Waals surface area contributed by atoms with E-state index in [4.69, 9.17) is 4.74 Å². The van der Waals surface area contributed by atoms with Crippen molar-refractivity contribution in [1.29, 1.82) is 0 Å². The lowest BCUT2D eigenvalue weighted by molar-refractivity contribution is -0.147. The number of amides is 1. The van der Waals surface area contributed by atoms with E-state index >= 15 is 0 Å². The Balaban J connectivity index is 2.27. The van der Waals surface area contributed by atoms with Gasteiger partial charge in [0.2, 0.25) is 0 Å². The predicted octanol–water partition coefficient (Wildman–Crippen LogP) is 4.68. The highest BCUT2D eigenvalue weighted by Gasteiger charge is 2.51. The van der Waals surface area contributed by atoms with Crippen LogP contribution in [0.3, 0.4) is 0 Å². The molecule has 3 aromatic carbocycles. The van der Waals surface area contributed by atoms with Crippen molar-refractivity contribution >= 4 is 17.8 Å². The minimum atomic E-state index is -4.65. The van der Waals surface area contributed by atoms with Crippen LogP contribution in [0, 0.1) is 0 Å². The van der Waals surface area contributed by atoms with Gasteiger partial charge in [-0.3, -0.25) is 9.59 Å². The number of nitrogens with one attached hydrogen (secondary N) is 1. The van der Waals surface area contributed by atoms with Crippen LogP contribution in [0.1, 0.15) is 39.4 Å². The molecule has 0 aliphatic carbocycles. The van der Waals surface area contributed by atoms with Crippen molar-refractivity contribution in [2.45, 2.75) is 24.1 Å². The third-order valence-electron chi connectivity index (χ3n) is 5.75. The molecule has 1 amide bonds. The van der Waals surface area contributed by atoms with Gasteiger partial charge in [0, 0.05) is 11.5 Å². The van der Waals surface area contributed by atoms with Crippen molar-refractivity contribution < 1.29 is 42.5 Å². The van der Waals surface area contributed by atoms with Gasteiger partial charge < -0.3 is 20.3 Å². The van der Waals surface area contributed by atoms with Gasteiger partial charge in [0.1, 0.15) is 5.75 Å². The molecule has 10 heteroatoms. The Kier molecular flexibility index (Phi) is 7.67. The molecule has 0 aromatic heterocycles. The van der Waals surface area contributed by atoms with E-state index in [-0.39, 0.29) is 22.4 Å². The summed E-state index contributed by atoms with van der Waals surface area (Å²) in [7, 11) is 1.34. The van der Waals surface area contributed by atoms with E-state index in [0.29, 0.717) is 0 Å². The molecule has 0 saturated carbocycles. The number of carboxylic acids is 2. The molecule has 188 valence electrons. The monoisotopic (exact) mass is 501 g/mol. The molecule has 0 fully saturated rings. The molecular weight excluding hydrogens is 479 g/mol. The first-order valence-corrected chi connectivity index (χ1v) is 10.6. The van der Waals surface area contributed by atoms with Crippen LogP contribution in [-0.4, -0.2) is 35.2 Å². The zero-order chi connectivity index (χ0) is 26.5. The second-order valence-electron chi connectivity index (χ2n) is 7.94. The number of alkyl halides is 3. The zero-order valence-corrected chi connectivity index (χ0v) is 19.0. The number of hydrogen-bond donors (Lipinski definition) is 3. The van der Waals surface area contributed by atoms with Crippen molar-refractivity contribution in [1.82, 2.24) is 5.32 Å². The summed E-state index contributed by atoms with van der Waals surface area (Å²) in [6, 6.07) is 16.9. The van der Waals surface area contributed by atoms with Crippen LogP contribution in [0.4, 0.5) is 13.2 Å². The summed E-state index contributed by atoms with van der Waals surface area (Å²) in [6.07, 6.45) is -5.47. The average Bonchev–Trinajstić information content (AvgIpc) is 2.85. The lowest BCUT2D eigenvalue weighted by Gasteiger charge is -2.38. The number of aliphatic carboxylic acids is 2. The molecule has 2 unspecified atom stereocenters. The standard InChI is InChI=1S/C26H22F3NO6/c1-36-20-9-5-8-19(14-20)25(24(34)35,30-23(33)17-6-3-2-4-7-17)21(15-22(31)32)16-10-12-18(13-11-16)26(27,28)29/h2-14,21H,15H2,1H3,(H,30,33)(H,31,32)(H,34,35). The molecule has 3 rings (SSSR count). The fourth-order valence-electron chi connectivity index (χ4n) is 4.00. The first kappa shape index (κ1) is 26.3. The van der Waals surface area contributed by atoms with Gasteiger partial charge in [-0.1, -0.05) is 42.5 Å². The molecule has 0 heterocycles. The van der Waals surface area contributed by atoms with Gasteiger partial charge in [0.25, 0.3) is 5.91 Å². The first-order valence-electron chi connectivity index (χ1n) is 10.6. The normalized spacial score (nSPS) is 13.8. The van der Waals surface area contributed by atoms with Crippen LogP contribution in [0.2, 0.25) is 0 Å². The van der Waals surface area contributed by atoms with Crippen molar-refractivity contribution in [3.63, 3.8) is 0 Å². The first-order chi connectivity index (χ1) is 17.0. The summed E-state index contributed by atoms with van der Waals surface area (Å²) in [4.78, 5) is 38.1. The Morgan fingerprint density at radius 3 is 2.06 bits per heavy atom. The van der Waals surface area contributed by atoms with Crippen molar-refractivity contribution in [2.75, 3.05) is 7.11 Å². The van der Waals surface area contributed by atoms with Crippen molar-refractivity contribution in [3.05, 3.63) is 101 Å². The van der Waals surface area contributed by atoms with E-state index in [1.165, 1.54) is 43.5 Å². The second-order valence-corrected chi connectivity index (χ2v) is 7.94. The number of benzene rings is 3. The van der Waals surface area contributed by atoms with E-state index in [1.54, 1.807) is 18.2 Å². The highest BCUT2D eigenvalue weighted by Crippen LogP contribution is 2.42. The topological polar surface area (TPSA) is 113 Å².